The monoisotopic (exact) mass is 393 g/mol. The van der Waals surface area contributed by atoms with Crippen LogP contribution in [0.3, 0.4) is 0 Å². The summed E-state index contributed by atoms with van der Waals surface area (Å²) in [7, 11) is 0. The maximum atomic E-state index is 3.85. The highest BCUT2D eigenvalue weighted by atomic mass is 15.3. The Hall–Kier alpha value is -2.16. The van der Waals surface area contributed by atoms with Crippen LogP contribution in [0.1, 0.15) is 84.3 Å². The summed E-state index contributed by atoms with van der Waals surface area (Å²) in [6.45, 7) is 17.1. The standard InChI is InChI=1S/C26H39N3/c1-8-9-16-29-23-15-11-14-22(25(23)28-26(29)19(6)7)27-24-20(17(2)3)12-10-13-21(24)18(4)5/h10-15,17-19,26-28H,8-9,16H2,1-7H3. The van der Waals surface area contributed by atoms with Gasteiger partial charge in [-0.1, -0.05) is 79.2 Å². The maximum absolute atomic E-state index is 3.85. The summed E-state index contributed by atoms with van der Waals surface area (Å²) in [5.41, 5.74) is 7.80. The van der Waals surface area contributed by atoms with Gasteiger partial charge in [0.05, 0.1) is 17.1 Å². The van der Waals surface area contributed by atoms with E-state index in [1.54, 1.807) is 0 Å². The van der Waals surface area contributed by atoms with Crippen LogP contribution in [-0.4, -0.2) is 12.7 Å². The summed E-state index contributed by atoms with van der Waals surface area (Å²) in [4.78, 5) is 2.56. The van der Waals surface area contributed by atoms with E-state index in [0.29, 0.717) is 23.9 Å². The Morgan fingerprint density at radius 2 is 1.55 bits per heavy atom. The zero-order valence-corrected chi connectivity index (χ0v) is 19.3. The van der Waals surface area contributed by atoms with Crippen LogP contribution in [0, 0.1) is 5.92 Å². The molecule has 2 aromatic rings. The van der Waals surface area contributed by atoms with E-state index in [2.05, 4.69) is 100 Å². The van der Waals surface area contributed by atoms with Gasteiger partial charge in [-0.3, -0.25) is 0 Å². The average Bonchev–Trinajstić information content (AvgIpc) is 3.06. The number of para-hydroxylation sites is 2. The lowest BCUT2D eigenvalue weighted by Crippen LogP contribution is -2.40. The van der Waals surface area contributed by atoms with Crippen molar-refractivity contribution in [3.63, 3.8) is 0 Å². The molecule has 0 bridgehead atoms. The normalized spacial score (nSPS) is 15.9. The van der Waals surface area contributed by atoms with Crippen LogP contribution in [0.25, 0.3) is 0 Å². The SMILES string of the molecule is CCCCN1c2cccc(Nc3c(C(C)C)cccc3C(C)C)c2NC1C(C)C. The van der Waals surface area contributed by atoms with Crippen molar-refractivity contribution in [2.75, 3.05) is 22.1 Å². The van der Waals surface area contributed by atoms with Crippen LogP contribution in [0.2, 0.25) is 0 Å². The molecule has 2 N–H and O–H groups in total. The number of hydrogen-bond acceptors (Lipinski definition) is 3. The molecule has 0 saturated heterocycles. The molecular weight excluding hydrogens is 354 g/mol. The molecule has 0 aromatic heterocycles. The van der Waals surface area contributed by atoms with Crippen LogP contribution >= 0.6 is 0 Å². The molecule has 0 radical (unpaired) electrons. The summed E-state index contributed by atoms with van der Waals surface area (Å²) in [6, 6.07) is 13.4. The van der Waals surface area contributed by atoms with Gasteiger partial charge in [-0.2, -0.15) is 0 Å². The summed E-state index contributed by atoms with van der Waals surface area (Å²) >= 11 is 0. The molecule has 1 aliphatic rings. The predicted molar refractivity (Wildman–Crippen MR) is 129 cm³/mol. The van der Waals surface area contributed by atoms with Crippen LogP contribution in [0.15, 0.2) is 36.4 Å². The largest absolute Gasteiger partial charge is 0.362 e. The minimum atomic E-state index is 0.351. The van der Waals surface area contributed by atoms with Gasteiger partial charge in [0.15, 0.2) is 0 Å². The highest BCUT2D eigenvalue weighted by molar-refractivity contribution is 5.90. The fraction of sp³-hybridized carbons (Fsp3) is 0.538. The summed E-state index contributed by atoms with van der Waals surface area (Å²) in [6.07, 6.45) is 2.79. The minimum absolute atomic E-state index is 0.351. The van der Waals surface area contributed by atoms with E-state index in [9.17, 15) is 0 Å². The van der Waals surface area contributed by atoms with E-state index in [1.165, 1.54) is 46.7 Å². The quantitative estimate of drug-likeness (QED) is 0.481. The Balaban J connectivity index is 2.03. The molecule has 1 heterocycles. The number of fused-ring (bicyclic) bond motifs is 1. The van der Waals surface area contributed by atoms with Gasteiger partial charge in [-0.15, -0.1) is 0 Å². The van der Waals surface area contributed by atoms with E-state index in [4.69, 9.17) is 0 Å². The Morgan fingerprint density at radius 3 is 2.10 bits per heavy atom. The highest BCUT2D eigenvalue weighted by Gasteiger charge is 2.32. The first-order valence-electron chi connectivity index (χ1n) is 11.4. The molecule has 0 aliphatic carbocycles. The Morgan fingerprint density at radius 1 is 0.931 bits per heavy atom. The number of rotatable bonds is 8. The van der Waals surface area contributed by atoms with Crippen molar-refractivity contribution in [1.82, 2.24) is 0 Å². The highest BCUT2D eigenvalue weighted by Crippen LogP contribution is 2.44. The third-order valence-electron chi connectivity index (χ3n) is 6.00. The smallest absolute Gasteiger partial charge is 0.101 e. The van der Waals surface area contributed by atoms with Gasteiger partial charge in [0.2, 0.25) is 0 Å². The van der Waals surface area contributed by atoms with E-state index >= 15 is 0 Å². The first-order chi connectivity index (χ1) is 13.8. The van der Waals surface area contributed by atoms with Gasteiger partial charge in [0.25, 0.3) is 0 Å². The first kappa shape index (κ1) is 21.5. The predicted octanol–water partition coefficient (Wildman–Crippen LogP) is 7.69. The Kier molecular flexibility index (Phi) is 6.77. The molecule has 2 aromatic carbocycles. The van der Waals surface area contributed by atoms with E-state index in [-0.39, 0.29) is 0 Å². The second kappa shape index (κ2) is 9.11. The van der Waals surface area contributed by atoms with Gasteiger partial charge in [-0.05, 0) is 47.4 Å². The van der Waals surface area contributed by atoms with E-state index < -0.39 is 0 Å². The molecule has 0 fully saturated rings. The van der Waals surface area contributed by atoms with E-state index in [0.717, 1.165) is 6.54 Å². The fourth-order valence-electron chi connectivity index (χ4n) is 4.36. The molecule has 3 nitrogen and oxygen atoms in total. The number of benzene rings is 2. The number of hydrogen-bond donors (Lipinski definition) is 2. The molecule has 1 unspecified atom stereocenters. The molecule has 29 heavy (non-hydrogen) atoms. The summed E-state index contributed by atoms with van der Waals surface area (Å²) < 4.78 is 0. The zero-order valence-electron chi connectivity index (χ0n) is 19.3. The fourth-order valence-corrected chi connectivity index (χ4v) is 4.36. The number of anilines is 4. The summed E-state index contributed by atoms with van der Waals surface area (Å²) in [5.74, 6) is 1.50. The molecule has 3 rings (SSSR count). The van der Waals surface area contributed by atoms with Gasteiger partial charge in [0.1, 0.15) is 6.17 Å². The van der Waals surface area contributed by atoms with E-state index in [1.807, 2.05) is 0 Å². The lowest BCUT2D eigenvalue weighted by molar-refractivity contribution is 0.502. The third-order valence-corrected chi connectivity index (χ3v) is 6.00. The molecule has 0 amide bonds. The molecule has 0 spiro atoms. The molecule has 0 saturated carbocycles. The molecule has 3 heteroatoms. The van der Waals surface area contributed by atoms with Gasteiger partial charge >= 0.3 is 0 Å². The number of nitrogens with one attached hydrogen (secondary N) is 2. The van der Waals surface area contributed by atoms with Gasteiger partial charge in [0, 0.05) is 12.2 Å². The number of unbranched alkanes of at least 4 members (excludes halogenated alkanes) is 1. The maximum Gasteiger partial charge on any atom is 0.101 e. The molecule has 1 aliphatic heterocycles. The first-order valence-corrected chi connectivity index (χ1v) is 11.4. The number of nitrogens with zero attached hydrogens (tertiary/aromatic N) is 1. The Bertz CT molecular complexity index is 796. The van der Waals surface area contributed by atoms with Gasteiger partial charge in [-0.25, -0.2) is 0 Å². The molecular formula is C26H39N3. The molecule has 1 atom stereocenters. The average molecular weight is 394 g/mol. The van der Waals surface area contributed by atoms with Crippen LogP contribution < -0.4 is 15.5 Å². The van der Waals surface area contributed by atoms with Gasteiger partial charge < -0.3 is 15.5 Å². The van der Waals surface area contributed by atoms with Crippen molar-refractivity contribution in [1.29, 1.82) is 0 Å². The van der Waals surface area contributed by atoms with Crippen molar-refractivity contribution in [2.45, 2.75) is 79.3 Å². The van der Waals surface area contributed by atoms with Crippen molar-refractivity contribution in [3.05, 3.63) is 47.5 Å². The van der Waals surface area contributed by atoms with Crippen molar-refractivity contribution >= 4 is 22.7 Å². The lowest BCUT2D eigenvalue weighted by atomic mass is 9.92. The third kappa shape index (κ3) is 4.39. The summed E-state index contributed by atoms with van der Waals surface area (Å²) in [5, 5.41) is 7.69. The van der Waals surface area contributed by atoms with Crippen LogP contribution in [0.4, 0.5) is 22.7 Å². The van der Waals surface area contributed by atoms with Crippen molar-refractivity contribution < 1.29 is 0 Å². The van der Waals surface area contributed by atoms with Crippen molar-refractivity contribution in [3.8, 4) is 0 Å². The molecule has 158 valence electrons. The topological polar surface area (TPSA) is 27.3 Å². The van der Waals surface area contributed by atoms with Crippen LogP contribution in [0.5, 0.6) is 0 Å². The Labute approximate surface area is 177 Å². The van der Waals surface area contributed by atoms with Crippen molar-refractivity contribution in [2.24, 2.45) is 5.92 Å². The second-order valence-corrected chi connectivity index (χ2v) is 9.33. The zero-order chi connectivity index (χ0) is 21.1. The lowest BCUT2D eigenvalue weighted by Gasteiger charge is -2.29. The second-order valence-electron chi connectivity index (χ2n) is 9.33. The van der Waals surface area contributed by atoms with Crippen LogP contribution in [-0.2, 0) is 0 Å². The minimum Gasteiger partial charge on any atom is -0.362 e.